The molecular weight excluding hydrogens is 365 g/mol. The standard InChI is InChI=1S/C14H14BrCl2NS/c1-9(13-4-5-14(15)19-13)18-7-6-10-2-3-11(16)8-12(10)17/h2-5,8-9,18H,6-7H2,1H3. The molecule has 0 spiro atoms. The predicted octanol–water partition coefficient (Wildman–Crippen LogP) is 5.71. The van der Waals surface area contributed by atoms with Gasteiger partial charge in [0, 0.05) is 21.0 Å². The van der Waals surface area contributed by atoms with E-state index >= 15 is 0 Å². The predicted molar refractivity (Wildman–Crippen MR) is 88.6 cm³/mol. The molecule has 0 radical (unpaired) electrons. The molecule has 1 aromatic carbocycles. The average Bonchev–Trinajstić information content (AvgIpc) is 2.78. The third-order valence-corrected chi connectivity index (χ3v) is 5.27. The summed E-state index contributed by atoms with van der Waals surface area (Å²) in [5.41, 5.74) is 1.12. The minimum Gasteiger partial charge on any atom is -0.309 e. The van der Waals surface area contributed by atoms with Gasteiger partial charge in [-0.1, -0.05) is 29.3 Å². The van der Waals surface area contributed by atoms with E-state index in [1.165, 1.54) is 4.88 Å². The first-order valence-corrected chi connectivity index (χ1v) is 8.35. The summed E-state index contributed by atoms with van der Waals surface area (Å²) in [5, 5.41) is 4.92. The van der Waals surface area contributed by atoms with Crippen LogP contribution in [0, 0.1) is 0 Å². The van der Waals surface area contributed by atoms with Gasteiger partial charge >= 0.3 is 0 Å². The Kier molecular flexibility index (Phi) is 5.72. The smallest absolute Gasteiger partial charge is 0.0701 e. The molecule has 0 aliphatic heterocycles. The lowest BCUT2D eigenvalue weighted by Crippen LogP contribution is -2.20. The van der Waals surface area contributed by atoms with E-state index in [1.807, 2.05) is 12.1 Å². The van der Waals surface area contributed by atoms with Crippen LogP contribution in [0.2, 0.25) is 10.0 Å². The third kappa shape index (κ3) is 4.47. The summed E-state index contributed by atoms with van der Waals surface area (Å²) < 4.78 is 1.16. The highest BCUT2D eigenvalue weighted by Crippen LogP contribution is 2.27. The van der Waals surface area contributed by atoms with Crippen molar-refractivity contribution in [1.82, 2.24) is 5.32 Å². The van der Waals surface area contributed by atoms with E-state index in [2.05, 4.69) is 40.3 Å². The summed E-state index contributed by atoms with van der Waals surface area (Å²) in [6.45, 7) is 3.06. The van der Waals surface area contributed by atoms with Crippen molar-refractivity contribution >= 4 is 50.5 Å². The van der Waals surface area contributed by atoms with Gasteiger partial charge in [0.05, 0.1) is 3.79 Å². The van der Waals surface area contributed by atoms with Crippen LogP contribution >= 0.6 is 50.5 Å². The highest BCUT2D eigenvalue weighted by Gasteiger charge is 2.08. The quantitative estimate of drug-likeness (QED) is 0.702. The van der Waals surface area contributed by atoms with Crippen molar-refractivity contribution in [2.75, 3.05) is 6.54 Å². The van der Waals surface area contributed by atoms with E-state index in [9.17, 15) is 0 Å². The monoisotopic (exact) mass is 377 g/mol. The number of nitrogens with one attached hydrogen (secondary N) is 1. The van der Waals surface area contributed by atoms with Gasteiger partial charge in [0.15, 0.2) is 0 Å². The molecule has 0 aliphatic rings. The fraction of sp³-hybridized carbons (Fsp3) is 0.286. The molecule has 0 amide bonds. The van der Waals surface area contributed by atoms with E-state index in [0.717, 1.165) is 27.3 Å². The molecule has 5 heteroatoms. The van der Waals surface area contributed by atoms with Crippen LogP contribution in [0.3, 0.4) is 0 Å². The number of hydrogen-bond donors (Lipinski definition) is 1. The van der Waals surface area contributed by atoms with Gasteiger partial charge in [-0.3, -0.25) is 0 Å². The number of benzene rings is 1. The van der Waals surface area contributed by atoms with E-state index in [0.29, 0.717) is 11.1 Å². The van der Waals surface area contributed by atoms with Crippen LogP contribution in [0.4, 0.5) is 0 Å². The molecule has 102 valence electrons. The summed E-state index contributed by atoms with van der Waals surface area (Å²) in [4.78, 5) is 1.33. The van der Waals surface area contributed by atoms with Gasteiger partial charge in [0.1, 0.15) is 0 Å². The fourth-order valence-corrected chi connectivity index (χ4v) is 3.76. The van der Waals surface area contributed by atoms with Gasteiger partial charge in [0.25, 0.3) is 0 Å². The van der Waals surface area contributed by atoms with Gasteiger partial charge < -0.3 is 5.32 Å². The van der Waals surface area contributed by atoms with Crippen molar-refractivity contribution in [1.29, 1.82) is 0 Å². The minimum atomic E-state index is 0.349. The molecule has 0 bridgehead atoms. The van der Waals surface area contributed by atoms with E-state index < -0.39 is 0 Å². The third-order valence-electron chi connectivity index (χ3n) is 2.88. The zero-order valence-corrected chi connectivity index (χ0v) is 14.3. The second-order valence-corrected chi connectivity index (χ2v) is 7.64. The van der Waals surface area contributed by atoms with Crippen molar-refractivity contribution in [2.45, 2.75) is 19.4 Å². The summed E-state index contributed by atoms with van der Waals surface area (Å²) in [7, 11) is 0. The zero-order chi connectivity index (χ0) is 13.8. The molecule has 19 heavy (non-hydrogen) atoms. The van der Waals surface area contributed by atoms with E-state index in [4.69, 9.17) is 23.2 Å². The number of halogens is 3. The van der Waals surface area contributed by atoms with Crippen LogP contribution in [-0.2, 0) is 6.42 Å². The highest BCUT2D eigenvalue weighted by molar-refractivity contribution is 9.11. The second-order valence-electron chi connectivity index (χ2n) is 4.30. The van der Waals surface area contributed by atoms with Crippen molar-refractivity contribution < 1.29 is 0 Å². The van der Waals surface area contributed by atoms with Crippen molar-refractivity contribution in [2.24, 2.45) is 0 Å². The first kappa shape index (κ1) is 15.3. The van der Waals surface area contributed by atoms with Crippen molar-refractivity contribution in [3.05, 3.63) is 54.6 Å². The lowest BCUT2D eigenvalue weighted by molar-refractivity contribution is 0.585. The molecular formula is C14H14BrCl2NS. The highest BCUT2D eigenvalue weighted by atomic mass is 79.9. The Morgan fingerprint density at radius 2 is 2.05 bits per heavy atom. The van der Waals surface area contributed by atoms with Crippen LogP contribution < -0.4 is 5.32 Å². The van der Waals surface area contributed by atoms with Crippen LogP contribution in [0.1, 0.15) is 23.4 Å². The molecule has 2 aromatic rings. The topological polar surface area (TPSA) is 12.0 Å². The Morgan fingerprint density at radius 1 is 1.26 bits per heavy atom. The molecule has 1 atom stereocenters. The Bertz CT molecular complexity index is 556. The molecule has 1 N–H and O–H groups in total. The van der Waals surface area contributed by atoms with Crippen molar-refractivity contribution in [3.63, 3.8) is 0 Å². The zero-order valence-electron chi connectivity index (χ0n) is 10.4. The maximum atomic E-state index is 6.15. The first-order valence-electron chi connectivity index (χ1n) is 5.99. The van der Waals surface area contributed by atoms with Crippen LogP contribution in [0.5, 0.6) is 0 Å². The Hall–Kier alpha value is -0.0600. The van der Waals surface area contributed by atoms with Crippen LogP contribution in [-0.4, -0.2) is 6.54 Å². The van der Waals surface area contributed by atoms with E-state index in [-0.39, 0.29) is 0 Å². The average molecular weight is 379 g/mol. The van der Waals surface area contributed by atoms with Gasteiger partial charge in [-0.05, 0) is 65.6 Å². The van der Waals surface area contributed by atoms with Gasteiger partial charge in [-0.25, -0.2) is 0 Å². The minimum absolute atomic E-state index is 0.349. The summed E-state index contributed by atoms with van der Waals surface area (Å²) in [5.74, 6) is 0. The number of rotatable bonds is 5. The SMILES string of the molecule is CC(NCCc1ccc(Cl)cc1Cl)c1ccc(Br)s1. The molecule has 0 saturated heterocycles. The normalized spacial score (nSPS) is 12.6. The first-order chi connectivity index (χ1) is 9.06. The largest absolute Gasteiger partial charge is 0.309 e. The maximum Gasteiger partial charge on any atom is 0.0701 e. The summed E-state index contributed by atoms with van der Waals surface area (Å²) in [6.07, 6.45) is 0.896. The molecule has 0 fully saturated rings. The molecule has 1 aromatic heterocycles. The number of thiophene rings is 1. The lowest BCUT2D eigenvalue weighted by atomic mass is 10.1. The van der Waals surface area contributed by atoms with E-state index in [1.54, 1.807) is 17.4 Å². The summed E-state index contributed by atoms with van der Waals surface area (Å²) >= 11 is 17.3. The second kappa shape index (κ2) is 7.09. The molecule has 0 aliphatic carbocycles. The lowest BCUT2D eigenvalue weighted by Gasteiger charge is -2.12. The van der Waals surface area contributed by atoms with Crippen LogP contribution in [0.15, 0.2) is 34.1 Å². The molecule has 0 saturated carbocycles. The van der Waals surface area contributed by atoms with Gasteiger partial charge in [0.2, 0.25) is 0 Å². The fourth-order valence-electron chi connectivity index (χ4n) is 1.81. The molecule has 1 nitrogen and oxygen atoms in total. The van der Waals surface area contributed by atoms with Crippen LogP contribution in [0.25, 0.3) is 0 Å². The summed E-state index contributed by atoms with van der Waals surface area (Å²) in [6, 6.07) is 10.2. The van der Waals surface area contributed by atoms with Gasteiger partial charge in [-0.2, -0.15) is 0 Å². The maximum absolute atomic E-state index is 6.15. The Morgan fingerprint density at radius 3 is 2.68 bits per heavy atom. The molecule has 1 heterocycles. The molecule has 2 rings (SSSR count). The van der Waals surface area contributed by atoms with Gasteiger partial charge in [-0.15, -0.1) is 11.3 Å². The Balaban J connectivity index is 1.86. The van der Waals surface area contributed by atoms with Crippen molar-refractivity contribution in [3.8, 4) is 0 Å². The molecule has 1 unspecified atom stereocenters. The number of hydrogen-bond acceptors (Lipinski definition) is 2. The Labute approximate surface area is 136 Å².